The summed E-state index contributed by atoms with van der Waals surface area (Å²) in [6, 6.07) is 5.52. The molecule has 1 aliphatic heterocycles. The summed E-state index contributed by atoms with van der Waals surface area (Å²) in [5, 5.41) is 12.4. The number of carbonyl (C=O) groups excluding carboxylic acids is 1. The predicted molar refractivity (Wildman–Crippen MR) is 85.6 cm³/mol. The van der Waals surface area contributed by atoms with Gasteiger partial charge in [0.1, 0.15) is 11.5 Å². The number of carbonyl (C=O) groups is 1. The lowest BCUT2D eigenvalue weighted by atomic mass is 9.88. The minimum absolute atomic E-state index is 0.222. The van der Waals surface area contributed by atoms with Gasteiger partial charge in [-0.1, -0.05) is 6.42 Å². The van der Waals surface area contributed by atoms with Crippen LogP contribution >= 0.6 is 0 Å². The molecular formula is C17H22N2O4. The van der Waals surface area contributed by atoms with Gasteiger partial charge >= 0.3 is 5.91 Å². The molecule has 2 aliphatic rings. The van der Waals surface area contributed by atoms with Crippen molar-refractivity contribution < 1.29 is 19.0 Å². The molecule has 1 heterocycles. The largest absolute Gasteiger partial charge is 0.622 e. The SMILES string of the molecule is COc1ccc(CN2C(=O)C=[N+]([O-])C23CCCCC3)c(OC)c1. The second-order valence-electron chi connectivity index (χ2n) is 6.10. The lowest BCUT2D eigenvalue weighted by Gasteiger charge is -2.38. The summed E-state index contributed by atoms with van der Waals surface area (Å²) < 4.78 is 11.5. The first-order valence-corrected chi connectivity index (χ1v) is 7.94. The molecule has 6 nitrogen and oxygen atoms in total. The van der Waals surface area contributed by atoms with Crippen LogP contribution in [0.5, 0.6) is 11.5 Å². The highest BCUT2D eigenvalue weighted by Crippen LogP contribution is 2.38. The van der Waals surface area contributed by atoms with Crippen molar-refractivity contribution in [3.8, 4) is 11.5 Å². The van der Waals surface area contributed by atoms with Crippen molar-refractivity contribution in [1.29, 1.82) is 0 Å². The Kier molecular flexibility index (Phi) is 4.15. The molecule has 0 aromatic heterocycles. The minimum Gasteiger partial charge on any atom is -0.622 e. The highest BCUT2D eigenvalue weighted by atomic mass is 16.5. The Morgan fingerprint density at radius 3 is 2.61 bits per heavy atom. The van der Waals surface area contributed by atoms with E-state index < -0.39 is 5.66 Å². The van der Waals surface area contributed by atoms with Crippen molar-refractivity contribution >= 4 is 12.1 Å². The van der Waals surface area contributed by atoms with Gasteiger partial charge in [0.15, 0.2) is 0 Å². The van der Waals surface area contributed by atoms with Gasteiger partial charge in [0.2, 0.25) is 6.21 Å². The van der Waals surface area contributed by atoms with Crippen LogP contribution in [0.3, 0.4) is 0 Å². The van der Waals surface area contributed by atoms with E-state index in [0.29, 0.717) is 18.0 Å². The zero-order valence-corrected chi connectivity index (χ0v) is 13.6. The molecule has 0 unspecified atom stereocenters. The Bertz CT molecular complexity index is 635. The number of amides is 1. The Balaban J connectivity index is 1.90. The molecule has 1 aliphatic carbocycles. The molecule has 6 heteroatoms. The first-order chi connectivity index (χ1) is 11.1. The first-order valence-electron chi connectivity index (χ1n) is 7.94. The van der Waals surface area contributed by atoms with Gasteiger partial charge < -0.3 is 14.7 Å². The Morgan fingerprint density at radius 1 is 1.22 bits per heavy atom. The van der Waals surface area contributed by atoms with E-state index in [0.717, 1.165) is 42.4 Å². The summed E-state index contributed by atoms with van der Waals surface area (Å²) >= 11 is 0. The average Bonchev–Trinajstić information content (AvgIpc) is 2.80. The normalized spacial score (nSPS) is 19.8. The minimum atomic E-state index is -0.722. The van der Waals surface area contributed by atoms with Crippen molar-refractivity contribution in [2.75, 3.05) is 14.2 Å². The fourth-order valence-electron chi connectivity index (χ4n) is 3.60. The van der Waals surface area contributed by atoms with Crippen LogP contribution in [0.4, 0.5) is 0 Å². The molecular weight excluding hydrogens is 296 g/mol. The molecule has 1 aromatic carbocycles. The maximum absolute atomic E-state index is 12.4. The molecule has 3 rings (SSSR count). The quantitative estimate of drug-likeness (QED) is 0.631. The van der Waals surface area contributed by atoms with Crippen LogP contribution in [0, 0.1) is 5.21 Å². The van der Waals surface area contributed by atoms with E-state index >= 15 is 0 Å². The van der Waals surface area contributed by atoms with Gasteiger partial charge in [-0.15, -0.1) is 0 Å². The monoisotopic (exact) mass is 318 g/mol. The highest BCUT2D eigenvalue weighted by molar-refractivity contribution is 6.25. The van der Waals surface area contributed by atoms with Crippen LogP contribution in [0.2, 0.25) is 0 Å². The van der Waals surface area contributed by atoms with Gasteiger partial charge in [-0.2, -0.15) is 4.74 Å². The standard InChI is InChI=1S/C17H22N2O4/c1-22-14-7-6-13(15(10-14)23-2)11-18-16(20)12-19(21)17(18)8-4-3-5-9-17/h6-7,10,12H,3-5,8-9,11H2,1-2H3. The van der Waals surface area contributed by atoms with Gasteiger partial charge in [-0.3, -0.25) is 9.69 Å². The summed E-state index contributed by atoms with van der Waals surface area (Å²) in [6.07, 6.45) is 5.67. The summed E-state index contributed by atoms with van der Waals surface area (Å²) in [5.41, 5.74) is 0.149. The topological polar surface area (TPSA) is 64.8 Å². The van der Waals surface area contributed by atoms with Gasteiger partial charge in [0, 0.05) is 24.5 Å². The summed E-state index contributed by atoms with van der Waals surface area (Å²) in [5.74, 6) is 1.13. The second-order valence-corrected chi connectivity index (χ2v) is 6.10. The van der Waals surface area contributed by atoms with Crippen molar-refractivity contribution in [1.82, 2.24) is 4.90 Å². The van der Waals surface area contributed by atoms with Crippen LogP contribution in [-0.4, -0.2) is 41.6 Å². The molecule has 1 fully saturated rings. The lowest BCUT2D eigenvalue weighted by Crippen LogP contribution is -2.52. The smallest absolute Gasteiger partial charge is 0.317 e. The molecule has 1 aromatic rings. The highest BCUT2D eigenvalue weighted by Gasteiger charge is 2.52. The van der Waals surface area contributed by atoms with Crippen molar-refractivity contribution in [2.45, 2.75) is 44.3 Å². The number of ether oxygens (including phenoxy) is 2. The van der Waals surface area contributed by atoms with Crippen molar-refractivity contribution in [2.24, 2.45) is 0 Å². The molecule has 0 bridgehead atoms. The number of nitrogens with zero attached hydrogens (tertiary/aromatic N) is 2. The Hall–Kier alpha value is -2.24. The zero-order valence-electron chi connectivity index (χ0n) is 13.6. The molecule has 1 saturated carbocycles. The number of hydrogen-bond acceptors (Lipinski definition) is 4. The third kappa shape index (κ3) is 2.62. The fraction of sp³-hybridized carbons (Fsp3) is 0.529. The maximum Gasteiger partial charge on any atom is 0.317 e. The number of benzene rings is 1. The third-order valence-electron chi connectivity index (χ3n) is 4.88. The van der Waals surface area contributed by atoms with Gasteiger partial charge in [0.05, 0.1) is 20.8 Å². The third-order valence-corrected chi connectivity index (χ3v) is 4.88. The van der Waals surface area contributed by atoms with Crippen LogP contribution in [-0.2, 0) is 11.3 Å². The summed E-state index contributed by atoms with van der Waals surface area (Å²) in [6.45, 7) is 0.362. The Morgan fingerprint density at radius 2 is 1.96 bits per heavy atom. The van der Waals surface area contributed by atoms with Gasteiger partial charge in [-0.05, 0) is 25.0 Å². The van der Waals surface area contributed by atoms with Gasteiger partial charge in [-0.25, -0.2) is 0 Å². The number of rotatable bonds is 4. The molecule has 0 atom stereocenters. The molecule has 0 N–H and O–H groups in total. The number of hydroxylamine groups is 1. The molecule has 124 valence electrons. The molecule has 0 radical (unpaired) electrons. The van der Waals surface area contributed by atoms with Crippen LogP contribution < -0.4 is 9.47 Å². The van der Waals surface area contributed by atoms with Crippen molar-refractivity contribution in [3.05, 3.63) is 29.0 Å². The van der Waals surface area contributed by atoms with Gasteiger partial charge in [0.25, 0.3) is 5.66 Å². The first kappa shape index (κ1) is 15.6. The van der Waals surface area contributed by atoms with E-state index in [1.807, 2.05) is 12.1 Å². The Labute approximate surface area is 135 Å². The molecule has 0 saturated heterocycles. The molecule has 1 amide bonds. The number of methoxy groups -OCH3 is 2. The van der Waals surface area contributed by atoms with E-state index in [1.165, 1.54) is 6.21 Å². The van der Waals surface area contributed by atoms with Crippen LogP contribution in [0.1, 0.15) is 37.7 Å². The fourth-order valence-corrected chi connectivity index (χ4v) is 3.60. The molecule has 23 heavy (non-hydrogen) atoms. The summed E-state index contributed by atoms with van der Waals surface area (Å²) in [4.78, 5) is 14.0. The maximum atomic E-state index is 12.4. The van der Waals surface area contributed by atoms with Crippen LogP contribution in [0.15, 0.2) is 18.2 Å². The zero-order chi connectivity index (χ0) is 16.4. The second kappa shape index (κ2) is 6.10. The number of hydrogen-bond donors (Lipinski definition) is 0. The predicted octanol–water partition coefficient (Wildman–Crippen LogP) is 2.29. The lowest BCUT2D eigenvalue weighted by molar-refractivity contribution is -0.570. The van der Waals surface area contributed by atoms with E-state index in [2.05, 4.69) is 0 Å². The van der Waals surface area contributed by atoms with E-state index in [4.69, 9.17) is 9.47 Å². The summed E-state index contributed by atoms with van der Waals surface area (Å²) in [7, 11) is 3.19. The van der Waals surface area contributed by atoms with E-state index in [-0.39, 0.29) is 5.91 Å². The van der Waals surface area contributed by atoms with Crippen molar-refractivity contribution in [3.63, 3.8) is 0 Å². The molecule has 1 spiro atoms. The van der Waals surface area contributed by atoms with E-state index in [1.54, 1.807) is 25.2 Å². The van der Waals surface area contributed by atoms with Crippen LogP contribution in [0.25, 0.3) is 0 Å². The van der Waals surface area contributed by atoms with E-state index in [9.17, 15) is 10.0 Å². The average molecular weight is 318 g/mol.